The largest absolute Gasteiger partial charge is 0.461 e. The van der Waals surface area contributed by atoms with E-state index in [4.69, 9.17) is 21.3 Å². The highest BCUT2D eigenvalue weighted by Crippen LogP contribution is 2.42. The third-order valence-corrected chi connectivity index (χ3v) is 8.01. The van der Waals surface area contributed by atoms with Gasteiger partial charge in [0.2, 0.25) is 0 Å². The number of anilines is 1. The van der Waals surface area contributed by atoms with E-state index in [1.165, 1.54) is 12.8 Å². The first-order valence-electron chi connectivity index (χ1n) is 12.7. The Bertz CT molecular complexity index is 1110. The minimum absolute atomic E-state index is 0.0662. The Labute approximate surface area is 228 Å². The number of fused-ring (bicyclic) bond motifs is 3. The number of hydrogen-bond donors (Lipinski definition) is 2. The lowest BCUT2D eigenvalue weighted by atomic mass is 9.95. The Morgan fingerprint density at radius 3 is 2.50 bits per heavy atom. The summed E-state index contributed by atoms with van der Waals surface area (Å²) in [6, 6.07) is 0.403. The van der Waals surface area contributed by atoms with Crippen LogP contribution in [0.25, 0.3) is 16.5 Å². The zero-order chi connectivity index (χ0) is 26.0. The molecule has 6 rings (SSSR count). The molecule has 198 valence electrons. The average molecular weight is 555 g/mol. The van der Waals surface area contributed by atoms with Crippen molar-refractivity contribution in [3.63, 3.8) is 0 Å². The number of likely N-dealkylation sites (N-methyl/N-ethyl adjacent to an activating group) is 1. The summed E-state index contributed by atoms with van der Waals surface area (Å²) in [6.45, 7) is 13.6. The van der Waals surface area contributed by atoms with Gasteiger partial charge in [-0.05, 0) is 57.8 Å². The molecule has 0 bridgehead atoms. The highest BCUT2D eigenvalue weighted by Gasteiger charge is 2.45. The van der Waals surface area contributed by atoms with Gasteiger partial charge in [-0.3, -0.25) is 4.90 Å². The van der Waals surface area contributed by atoms with E-state index >= 15 is 4.39 Å². The van der Waals surface area contributed by atoms with Crippen molar-refractivity contribution in [2.24, 2.45) is 0 Å². The predicted octanol–water partition coefficient (Wildman–Crippen LogP) is 5.15. The van der Waals surface area contributed by atoms with Crippen molar-refractivity contribution >= 4 is 57.2 Å². The molecule has 1 atom stereocenters. The first kappa shape index (κ1) is 27.7. The van der Waals surface area contributed by atoms with Gasteiger partial charge in [0.25, 0.3) is 0 Å². The molecule has 1 unspecified atom stereocenters. The maximum absolute atomic E-state index is 15.2. The first-order chi connectivity index (χ1) is 17.4. The van der Waals surface area contributed by atoms with Gasteiger partial charge in [0.05, 0.1) is 16.6 Å². The van der Waals surface area contributed by atoms with E-state index < -0.39 is 5.82 Å². The Kier molecular flexibility index (Phi) is 8.92. The number of piperazine rings is 1. The molecule has 7 nitrogen and oxygen atoms in total. The number of nitrogens with zero attached hydrogens (tertiary/aromatic N) is 6. The lowest BCUT2D eigenvalue weighted by Crippen LogP contribution is -2.52. The summed E-state index contributed by atoms with van der Waals surface area (Å²) in [5.74, 6) is 0.0628. The maximum atomic E-state index is 15.2. The van der Waals surface area contributed by atoms with Gasteiger partial charge in [0.1, 0.15) is 17.9 Å². The standard InChI is InChI=1S/C23H28ClFN6O.C2H6.H2S2/c1-14-11-15-12-29(2)9-10-31(15)21-16-18(14)26-20(24)17(25)19(16)27-22(28-21)32-13-23-5-3-7-30(23)8-4-6-23;2*1-2/h15H,1,3-13H2,2H3;1-2H3;1-2H. The van der Waals surface area contributed by atoms with Gasteiger partial charge < -0.3 is 14.5 Å². The molecule has 0 saturated carbocycles. The molecule has 4 aliphatic rings. The number of rotatable bonds is 3. The summed E-state index contributed by atoms with van der Waals surface area (Å²) in [7, 11) is 2.12. The van der Waals surface area contributed by atoms with Crippen molar-refractivity contribution in [2.75, 3.05) is 51.3 Å². The fourth-order valence-electron chi connectivity index (χ4n) is 6.14. The van der Waals surface area contributed by atoms with Crippen LogP contribution >= 0.6 is 34.9 Å². The highest BCUT2D eigenvalue weighted by molar-refractivity contribution is 8.59. The SMILES string of the molecule is C=C1CC2CN(C)CCN2c2nc(OCC34CCCN3CCC4)nc3c(F)c(Cl)nc1c23.CC.SS. The van der Waals surface area contributed by atoms with E-state index in [1.54, 1.807) is 0 Å². The van der Waals surface area contributed by atoms with E-state index in [2.05, 4.69) is 61.6 Å². The second-order valence-electron chi connectivity index (χ2n) is 9.74. The van der Waals surface area contributed by atoms with E-state index in [-0.39, 0.29) is 28.3 Å². The summed E-state index contributed by atoms with van der Waals surface area (Å²) in [5, 5.41) is 0.412. The molecule has 0 amide bonds. The molecule has 11 heteroatoms. The smallest absolute Gasteiger partial charge is 0.319 e. The van der Waals surface area contributed by atoms with E-state index in [1.807, 2.05) is 13.8 Å². The van der Waals surface area contributed by atoms with Crippen LogP contribution in [0.1, 0.15) is 51.6 Å². The Morgan fingerprint density at radius 1 is 1.11 bits per heavy atom. The Hall–Kier alpha value is -1.33. The molecule has 2 aromatic heterocycles. The number of thiol groups is 2. The molecule has 0 N–H and O–H groups in total. The molecule has 0 aromatic carbocycles. The quantitative estimate of drug-likeness (QED) is 0.309. The minimum Gasteiger partial charge on any atom is -0.461 e. The monoisotopic (exact) mass is 554 g/mol. The first-order valence-corrected chi connectivity index (χ1v) is 14.7. The van der Waals surface area contributed by atoms with Crippen LogP contribution in [0.2, 0.25) is 5.15 Å². The summed E-state index contributed by atoms with van der Waals surface area (Å²) in [5.41, 5.74) is 1.68. The second kappa shape index (κ2) is 11.6. The minimum atomic E-state index is -0.624. The fraction of sp³-hybridized carbons (Fsp3) is 0.640. The number of hydrogen-bond acceptors (Lipinski definition) is 9. The van der Waals surface area contributed by atoms with Crippen LogP contribution in [0.4, 0.5) is 10.2 Å². The van der Waals surface area contributed by atoms with Crippen molar-refractivity contribution in [3.05, 3.63) is 23.2 Å². The fourth-order valence-corrected chi connectivity index (χ4v) is 6.31. The molecule has 3 saturated heterocycles. The molecule has 6 heterocycles. The van der Waals surface area contributed by atoms with Crippen LogP contribution in [0.5, 0.6) is 6.01 Å². The molecule has 3 fully saturated rings. The molecule has 0 spiro atoms. The third kappa shape index (κ3) is 4.91. The molecule has 36 heavy (non-hydrogen) atoms. The summed E-state index contributed by atoms with van der Waals surface area (Å²) < 4.78 is 21.4. The normalized spacial score (nSPS) is 22.7. The van der Waals surface area contributed by atoms with Crippen LogP contribution in [-0.2, 0) is 0 Å². The third-order valence-electron chi connectivity index (χ3n) is 7.76. The van der Waals surface area contributed by atoms with Crippen LogP contribution in [0.15, 0.2) is 6.58 Å². The Balaban J connectivity index is 0.000000726. The van der Waals surface area contributed by atoms with Gasteiger partial charge in [-0.25, -0.2) is 9.37 Å². The van der Waals surface area contributed by atoms with Gasteiger partial charge in [0, 0.05) is 25.7 Å². The van der Waals surface area contributed by atoms with Crippen molar-refractivity contribution < 1.29 is 9.13 Å². The molecule has 0 radical (unpaired) electrons. The summed E-state index contributed by atoms with van der Waals surface area (Å²) >= 11 is 12.6. The lowest BCUT2D eigenvalue weighted by molar-refractivity contribution is 0.108. The molecular formula is C25H36ClFN6OS2. The summed E-state index contributed by atoms with van der Waals surface area (Å²) in [4.78, 5) is 20.8. The topological polar surface area (TPSA) is 57.6 Å². The van der Waals surface area contributed by atoms with Crippen molar-refractivity contribution in [3.8, 4) is 6.01 Å². The number of halogens is 2. The Morgan fingerprint density at radius 2 is 1.81 bits per heavy atom. The van der Waals surface area contributed by atoms with Crippen molar-refractivity contribution in [1.29, 1.82) is 0 Å². The lowest BCUT2D eigenvalue weighted by Gasteiger charge is -2.40. The van der Waals surface area contributed by atoms with Crippen LogP contribution < -0.4 is 9.64 Å². The zero-order valence-corrected chi connectivity index (χ0v) is 23.8. The van der Waals surface area contributed by atoms with E-state index in [0.29, 0.717) is 23.5 Å². The van der Waals surface area contributed by atoms with Crippen LogP contribution in [0.3, 0.4) is 0 Å². The van der Waals surface area contributed by atoms with Gasteiger partial charge in [-0.1, -0.05) is 32.0 Å². The molecule has 2 aromatic rings. The molecule has 4 aliphatic heterocycles. The van der Waals surface area contributed by atoms with Crippen LogP contribution in [0, 0.1) is 5.82 Å². The van der Waals surface area contributed by atoms with E-state index in [0.717, 1.165) is 57.6 Å². The molecular weight excluding hydrogens is 519 g/mol. The molecule has 0 aliphatic carbocycles. The van der Waals surface area contributed by atoms with Gasteiger partial charge in [-0.2, -0.15) is 9.97 Å². The predicted molar refractivity (Wildman–Crippen MR) is 152 cm³/mol. The maximum Gasteiger partial charge on any atom is 0.319 e. The van der Waals surface area contributed by atoms with Crippen molar-refractivity contribution in [1.82, 2.24) is 24.8 Å². The number of pyridine rings is 1. The zero-order valence-electron chi connectivity index (χ0n) is 21.3. The number of aromatic nitrogens is 3. The van der Waals surface area contributed by atoms with Crippen molar-refractivity contribution in [2.45, 2.75) is 57.5 Å². The number of ether oxygens (including phenoxy) is 1. The van der Waals surface area contributed by atoms with Gasteiger partial charge in [-0.15, -0.1) is 23.3 Å². The van der Waals surface area contributed by atoms with Gasteiger partial charge >= 0.3 is 6.01 Å². The van der Waals surface area contributed by atoms with Gasteiger partial charge in [0.15, 0.2) is 11.0 Å². The second-order valence-corrected chi connectivity index (χ2v) is 10.1. The van der Waals surface area contributed by atoms with E-state index in [9.17, 15) is 0 Å². The highest BCUT2D eigenvalue weighted by atomic mass is 35.5. The average Bonchev–Trinajstić information content (AvgIpc) is 3.45. The summed E-state index contributed by atoms with van der Waals surface area (Å²) in [6.07, 6.45) is 5.36. The van der Waals surface area contributed by atoms with Crippen LogP contribution in [-0.4, -0.2) is 82.7 Å².